The van der Waals surface area contributed by atoms with Crippen molar-refractivity contribution in [3.8, 4) is 0 Å². The van der Waals surface area contributed by atoms with E-state index in [0.717, 1.165) is 5.56 Å². The molecule has 0 spiro atoms. The third-order valence-electron chi connectivity index (χ3n) is 1.44. The van der Waals surface area contributed by atoms with Crippen molar-refractivity contribution in [2.75, 3.05) is 17.2 Å². The van der Waals surface area contributed by atoms with Gasteiger partial charge >= 0.3 is 0 Å². The van der Waals surface area contributed by atoms with Gasteiger partial charge in [0.25, 0.3) is 0 Å². The summed E-state index contributed by atoms with van der Waals surface area (Å²) >= 11 is 0. The molecular formula is C7H11N3. The maximum Gasteiger partial charge on any atom is 0.0579 e. The number of anilines is 3. The van der Waals surface area contributed by atoms with Crippen LogP contribution in [0.1, 0.15) is 5.56 Å². The number of hydrogen-bond acceptors (Lipinski definition) is 3. The summed E-state index contributed by atoms with van der Waals surface area (Å²) in [7, 11) is 0. The number of nitrogen functional groups attached to an aromatic ring is 3. The second kappa shape index (κ2) is 2.10. The molecule has 0 heterocycles. The van der Waals surface area contributed by atoms with Gasteiger partial charge in [-0.3, -0.25) is 0 Å². The molecule has 0 radical (unpaired) electrons. The predicted octanol–water partition coefficient (Wildman–Crippen LogP) is 0.742. The van der Waals surface area contributed by atoms with Crippen molar-refractivity contribution in [3.05, 3.63) is 17.7 Å². The number of rotatable bonds is 0. The Labute approximate surface area is 59.8 Å². The fraction of sp³-hybridized carbons (Fsp3) is 0.143. The van der Waals surface area contributed by atoms with Crippen molar-refractivity contribution in [2.45, 2.75) is 6.92 Å². The minimum Gasteiger partial charge on any atom is -0.399 e. The van der Waals surface area contributed by atoms with Gasteiger partial charge in [-0.25, -0.2) is 0 Å². The lowest BCUT2D eigenvalue weighted by molar-refractivity contribution is 1.47. The second-order valence-corrected chi connectivity index (χ2v) is 2.34. The fourth-order valence-corrected chi connectivity index (χ4v) is 0.854. The van der Waals surface area contributed by atoms with Gasteiger partial charge in [0.2, 0.25) is 0 Å². The van der Waals surface area contributed by atoms with E-state index in [0.29, 0.717) is 17.1 Å². The average Bonchev–Trinajstić information content (AvgIpc) is 1.82. The van der Waals surface area contributed by atoms with Gasteiger partial charge in [0, 0.05) is 5.69 Å². The number of hydrogen-bond donors (Lipinski definition) is 3. The van der Waals surface area contributed by atoms with Gasteiger partial charge in [-0.1, -0.05) is 0 Å². The molecule has 0 amide bonds. The minimum atomic E-state index is 0.553. The molecule has 0 aliphatic heterocycles. The molecule has 6 N–H and O–H groups in total. The van der Waals surface area contributed by atoms with Crippen molar-refractivity contribution >= 4 is 17.1 Å². The van der Waals surface area contributed by atoms with Crippen LogP contribution in [0.3, 0.4) is 0 Å². The van der Waals surface area contributed by atoms with E-state index >= 15 is 0 Å². The van der Waals surface area contributed by atoms with Crippen molar-refractivity contribution in [2.24, 2.45) is 0 Å². The summed E-state index contributed by atoms with van der Waals surface area (Å²) < 4.78 is 0. The van der Waals surface area contributed by atoms with Crippen LogP contribution in [0.2, 0.25) is 0 Å². The number of nitrogens with two attached hydrogens (primary N) is 3. The summed E-state index contributed by atoms with van der Waals surface area (Å²) in [6.07, 6.45) is 0. The zero-order valence-corrected chi connectivity index (χ0v) is 5.89. The third-order valence-corrected chi connectivity index (χ3v) is 1.44. The molecule has 0 aromatic heterocycles. The van der Waals surface area contributed by atoms with Crippen LogP contribution in [-0.2, 0) is 0 Å². The molecule has 0 fully saturated rings. The summed E-state index contributed by atoms with van der Waals surface area (Å²) in [5.41, 5.74) is 19.3. The normalized spacial score (nSPS) is 9.70. The van der Waals surface area contributed by atoms with E-state index in [4.69, 9.17) is 17.2 Å². The average molecular weight is 137 g/mol. The lowest BCUT2D eigenvalue weighted by Crippen LogP contribution is -1.98. The highest BCUT2D eigenvalue weighted by molar-refractivity contribution is 5.72. The maximum atomic E-state index is 5.57. The van der Waals surface area contributed by atoms with Crippen molar-refractivity contribution in [1.29, 1.82) is 0 Å². The molecule has 3 nitrogen and oxygen atoms in total. The van der Waals surface area contributed by atoms with Gasteiger partial charge in [0.1, 0.15) is 0 Å². The molecule has 0 aliphatic carbocycles. The van der Waals surface area contributed by atoms with E-state index in [1.165, 1.54) is 0 Å². The van der Waals surface area contributed by atoms with Crippen LogP contribution >= 0.6 is 0 Å². The van der Waals surface area contributed by atoms with Crippen LogP contribution in [-0.4, -0.2) is 0 Å². The standard InChI is InChI=1S/C7H11N3/c1-4-2-5(8)3-6(9)7(4)10/h2-3H,8-10H2,1H3. The molecule has 54 valence electrons. The Bertz CT molecular complexity index is 232. The maximum absolute atomic E-state index is 5.57. The van der Waals surface area contributed by atoms with Gasteiger partial charge in [0.05, 0.1) is 11.4 Å². The summed E-state index contributed by atoms with van der Waals surface area (Å²) in [5, 5.41) is 0. The zero-order valence-electron chi connectivity index (χ0n) is 5.89. The Balaban J connectivity index is 3.31. The first-order valence-electron chi connectivity index (χ1n) is 3.02. The number of benzene rings is 1. The monoisotopic (exact) mass is 137 g/mol. The summed E-state index contributed by atoms with van der Waals surface area (Å²) in [6, 6.07) is 3.45. The van der Waals surface area contributed by atoms with E-state index in [2.05, 4.69) is 0 Å². The van der Waals surface area contributed by atoms with Crippen LogP contribution in [0.4, 0.5) is 17.1 Å². The summed E-state index contributed by atoms with van der Waals surface area (Å²) in [6.45, 7) is 1.88. The third kappa shape index (κ3) is 0.978. The Morgan fingerprint density at radius 1 is 1.10 bits per heavy atom. The topological polar surface area (TPSA) is 78.1 Å². The van der Waals surface area contributed by atoms with Crippen LogP contribution in [0.5, 0.6) is 0 Å². The molecule has 10 heavy (non-hydrogen) atoms. The van der Waals surface area contributed by atoms with Crippen LogP contribution in [0, 0.1) is 6.92 Å². The Morgan fingerprint density at radius 3 is 2.20 bits per heavy atom. The molecule has 0 atom stereocenters. The molecule has 0 aliphatic rings. The largest absolute Gasteiger partial charge is 0.399 e. The van der Waals surface area contributed by atoms with Crippen molar-refractivity contribution < 1.29 is 0 Å². The van der Waals surface area contributed by atoms with E-state index in [1.54, 1.807) is 12.1 Å². The van der Waals surface area contributed by atoms with Crippen molar-refractivity contribution in [3.63, 3.8) is 0 Å². The first-order valence-corrected chi connectivity index (χ1v) is 3.02. The molecule has 0 saturated heterocycles. The van der Waals surface area contributed by atoms with Crippen LogP contribution < -0.4 is 17.2 Å². The van der Waals surface area contributed by atoms with E-state index in [9.17, 15) is 0 Å². The Kier molecular flexibility index (Phi) is 1.41. The van der Waals surface area contributed by atoms with Crippen LogP contribution in [0.15, 0.2) is 12.1 Å². The first-order chi connectivity index (χ1) is 4.61. The SMILES string of the molecule is Cc1cc(N)cc(N)c1N. The summed E-state index contributed by atoms with van der Waals surface area (Å²) in [4.78, 5) is 0. The molecule has 3 heteroatoms. The fourth-order valence-electron chi connectivity index (χ4n) is 0.854. The van der Waals surface area contributed by atoms with E-state index in [-0.39, 0.29) is 0 Å². The summed E-state index contributed by atoms with van der Waals surface area (Å²) in [5.74, 6) is 0. The molecule has 0 bridgehead atoms. The van der Waals surface area contributed by atoms with Gasteiger partial charge < -0.3 is 17.2 Å². The highest BCUT2D eigenvalue weighted by atomic mass is 14.7. The van der Waals surface area contributed by atoms with Gasteiger partial charge in [-0.05, 0) is 24.6 Å². The van der Waals surface area contributed by atoms with E-state index < -0.39 is 0 Å². The van der Waals surface area contributed by atoms with Gasteiger partial charge in [-0.15, -0.1) is 0 Å². The highest BCUT2D eigenvalue weighted by Gasteiger charge is 1.98. The molecule has 1 aromatic carbocycles. The zero-order chi connectivity index (χ0) is 7.72. The van der Waals surface area contributed by atoms with Crippen molar-refractivity contribution in [1.82, 2.24) is 0 Å². The molecule has 1 rings (SSSR count). The number of aryl methyl sites for hydroxylation is 1. The van der Waals surface area contributed by atoms with Gasteiger partial charge in [-0.2, -0.15) is 0 Å². The van der Waals surface area contributed by atoms with Crippen LogP contribution in [0.25, 0.3) is 0 Å². The Hall–Kier alpha value is -1.38. The first kappa shape index (κ1) is 6.74. The molecule has 0 unspecified atom stereocenters. The van der Waals surface area contributed by atoms with Gasteiger partial charge in [0.15, 0.2) is 0 Å². The predicted molar refractivity (Wildman–Crippen MR) is 44.4 cm³/mol. The minimum absolute atomic E-state index is 0.553. The highest BCUT2D eigenvalue weighted by Crippen LogP contribution is 2.22. The quantitative estimate of drug-likeness (QED) is 0.461. The van der Waals surface area contributed by atoms with E-state index in [1.807, 2.05) is 6.92 Å². The molecule has 1 aromatic rings. The Morgan fingerprint density at radius 2 is 1.70 bits per heavy atom. The second-order valence-electron chi connectivity index (χ2n) is 2.34. The lowest BCUT2D eigenvalue weighted by Gasteiger charge is -2.04. The smallest absolute Gasteiger partial charge is 0.0579 e. The molecule has 0 saturated carbocycles. The molecular weight excluding hydrogens is 126 g/mol. The lowest BCUT2D eigenvalue weighted by atomic mass is 10.1.